The Bertz CT molecular complexity index is 834. The van der Waals surface area contributed by atoms with E-state index in [4.69, 9.17) is 0 Å². The molecule has 1 saturated carbocycles. The topological polar surface area (TPSA) is 62.3 Å². The molecule has 1 N–H and O–H groups in total. The Labute approximate surface area is 159 Å². The van der Waals surface area contributed by atoms with Gasteiger partial charge in [0.05, 0.1) is 6.42 Å². The van der Waals surface area contributed by atoms with Crippen molar-refractivity contribution >= 4 is 11.8 Å². The van der Waals surface area contributed by atoms with Crippen LogP contribution in [0.3, 0.4) is 0 Å². The summed E-state index contributed by atoms with van der Waals surface area (Å²) in [6.07, 6.45) is 5.75. The Balaban J connectivity index is 1.28. The number of likely N-dealkylation sites (tertiary alicyclic amines) is 1. The second-order valence-corrected chi connectivity index (χ2v) is 7.93. The van der Waals surface area contributed by atoms with Crippen LogP contribution in [-0.2, 0) is 22.6 Å². The molecule has 2 aromatic rings. The lowest BCUT2D eigenvalue weighted by Crippen LogP contribution is -2.32. The number of rotatable bonds is 5. The molecule has 2 atom stereocenters. The van der Waals surface area contributed by atoms with Gasteiger partial charge in [-0.2, -0.15) is 0 Å². The number of hydrogen-bond donors (Lipinski definition) is 1. The van der Waals surface area contributed by atoms with Gasteiger partial charge >= 0.3 is 0 Å². The van der Waals surface area contributed by atoms with Crippen LogP contribution in [0.2, 0.25) is 0 Å². The van der Waals surface area contributed by atoms with Crippen molar-refractivity contribution in [3.63, 3.8) is 0 Å². The third kappa shape index (κ3) is 3.87. The standard InChI is InChI=1S/C22H25N3O2/c1-16-4-6-17(7-5-16)11-20(26)25-10-8-22(15-25)12-19(22)21(27)24-14-18-3-2-9-23-13-18/h2-7,9,13,19H,8,10-12,14-15H2,1H3,(H,24,27)/t19-,22+/m1/s1. The predicted molar refractivity (Wildman–Crippen MR) is 103 cm³/mol. The van der Waals surface area contributed by atoms with E-state index < -0.39 is 0 Å². The quantitative estimate of drug-likeness (QED) is 0.888. The zero-order valence-corrected chi connectivity index (χ0v) is 15.6. The van der Waals surface area contributed by atoms with Gasteiger partial charge in [0.1, 0.15) is 0 Å². The highest BCUT2D eigenvalue weighted by molar-refractivity contribution is 5.84. The van der Waals surface area contributed by atoms with Crippen molar-refractivity contribution in [2.45, 2.75) is 32.7 Å². The Morgan fingerprint density at radius 2 is 2.04 bits per heavy atom. The molecule has 2 amide bonds. The summed E-state index contributed by atoms with van der Waals surface area (Å²) in [5.41, 5.74) is 3.25. The zero-order chi connectivity index (χ0) is 18.9. The lowest BCUT2D eigenvalue weighted by atomic mass is 10.0. The number of carbonyl (C=O) groups excluding carboxylic acids is 2. The summed E-state index contributed by atoms with van der Waals surface area (Å²) >= 11 is 0. The Hall–Kier alpha value is -2.69. The summed E-state index contributed by atoms with van der Waals surface area (Å²) in [5, 5.41) is 3.02. The van der Waals surface area contributed by atoms with Crippen molar-refractivity contribution in [1.29, 1.82) is 0 Å². The van der Waals surface area contributed by atoms with E-state index in [9.17, 15) is 9.59 Å². The number of aromatic nitrogens is 1. The van der Waals surface area contributed by atoms with E-state index >= 15 is 0 Å². The molecule has 5 heteroatoms. The maximum absolute atomic E-state index is 12.6. The van der Waals surface area contributed by atoms with E-state index in [0.717, 1.165) is 30.5 Å². The summed E-state index contributed by atoms with van der Waals surface area (Å²) in [5.74, 6) is 0.301. The smallest absolute Gasteiger partial charge is 0.227 e. The molecule has 1 aliphatic carbocycles. The molecule has 0 radical (unpaired) electrons. The fourth-order valence-electron chi connectivity index (χ4n) is 4.09. The normalized spacial score (nSPS) is 23.4. The molecule has 1 saturated heterocycles. The molecule has 2 heterocycles. The van der Waals surface area contributed by atoms with E-state index in [2.05, 4.69) is 10.3 Å². The molecule has 27 heavy (non-hydrogen) atoms. The molecule has 1 spiro atoms. The number of amides is 2. The van der Waals surface area contributed by atoms with Gasteiger partial charge in [-0.3, -0.25) is 14.6 Å². The van der Waals surface area contributed by atoms with Gasteiger partial charge in [0, 0.05) is 43.4 Å². The van der Waals surface area contributed by atoms with Crippen molar-refractivity contribution in [3.05, 3.63) is 65.5 Å². The molecule has 1 aromatic carbocycles. The summed E-state index contributed by atoms with van der Waals surface area (Å²) in [6, 6.07) is 11.9. The third-order valence-electron chi connectivity index (χ3n) is 5.91. The Morgan fingerprint density at radius 3 is 2.78 bits per heavy atom. The fraction of sp³-hybridized carbons (Fsp3) is 0.409. The Kier molecular flexibility index (Phi) is 4.68. The first kappa shape index (κ1) is 17.7. The lowest BCUT2D eigenvalue weighted by molar-refractivity contribution is -0.130. The van der Waals surface area contributed by atoms with E-state index in [1.165, 1.54) is 5.56 Å². The van der Waals surface area contributed by atoms with Crippen molar-refractivity contribution in [2.24, 2.45) is 11.3 Å². The highest BCUT2D eigenvalue weighted by Gasteiger charge is 2.61. The Morgan fingerprint density at radius 1 is 1.22 bits per heavy atom. The van der Waals surface area contributed by atoms with Crippen LogP contribution in [-0.4, -0.2) is 34.8 Å². The molecular weight excluding hydrogens is 338 g/mol. The summed E-state index contributed by atoms with van der Waals surface area (Å²) < 4.78 is 0. The zero-order valence-electron chi connectivity index (χ0n) is 15.6. The monoisotopic (exact) mass is 363 g/mol. The highest BCUT2D eigenvalue weighted by atomic mass is 16.2. The first-order chi connectivity index (χ1) is 13.1. The van der Waals surface area contributed by atoms with Crippen LogP contribution in [0.1, 0.15) is 29.5 Å². The SMILES string of the molecule is Cc1ccc(CC(=O)N2CC[C@]3(C[C@@H]3C(=O)NCc3cccnc3)C2)cc1. The summed E-state index contributed by atoms with van der Waals surface area (Å²) in [6.45, 7) is 4.03. The van der Waals surface area contributed by atoms with Gasteiger partial charge in [-0.25, -0.2) is 0 Å². The lowest BCUT2D eigenvalue weighted by Gasteiger charge is -2.17. The van der Waals surface area contributed by atoms with Gasteiger partial charge in [-0.1, -0.05) is 35.9 Å². The predicted octanol–water partition coefficient (Wildman–Crippen LogP) is 2.49. The van der Waals surface area contributed by atoms with E-state index in [1.807, 2.05) is 48.2 Å². The van der Waals surface area contributed by atoms with Gasteiger partial charge in [0.2, 0.25) is 11.8 Å². The minimum absolute atomic E-state index is 0.00194. The van der Waals surface area contributed by atoms with Crippen molar-refractivity contribution < 1.29 is 9.59 Å². The molecule has 5 nitrogen and oxygen atoms in total. The van der Waals surface area contributed by atoms with Crippen molar-refractivity contribution in [3.8, 4) is 0 Å². The molecular formula is C22H25N3O2. The number of nitrogens with one attached hydrogen (secondary N) is 1. The maximum atomic E-state index is 12.6. The molecule has 2 aliphatic rings. The van der Waals surface area contributed by atoms with Crippen molar-refractivity contribution in [1.82, 2.24) is 15.2 Å². The average Bonchev–Trinajstić information content (AvgIpc) is 3.22. The molecule has 140 valence electrons. The van der Waals surface area contributed by atoms with Gasteiger partial charge in [0.15, 0.2) is 0 Å². The number of pyridine rings is 1. The average molecular weight is 363 g/mol. The molecule has 0 unspecified atom stereocenters. The minimum atomic E-state index is 0.00194. The molecule has 1 aliphatic heterocycles. The number of nitrogens with zero attached hydrogens (tertiary/aromatic N) is 2. The fourth-order valence-corrected chi connectivity index (χ4v) is 4.09. The van der Waals surface area contributed by atoms with Gasteiger partial charge < -0.3 is 10.2 Å². The first-order valence-corrected chi connectivity index (χ1v) is 9.56. The summed E-state index contributed by atoms with van der Waals surface area (Å²) in [7, 11) is 0. The van der Waals surface area contributed by atoms with Crippen LogP contribution in [0.5, 0.6) is 0 Å². The van der Waals surface area contributed by atoms with Gasteiger partial charge in [0.25, 0.3) is 0 Å². The highest BCUT2D eigenvalue weighted by Crippen LogP contribution is 2.58. The number of hydrogen-bond acceptors (Lipinski definition) is 3. The minimum Gasteiger partial charge on any atom is -0.352 e. The maximum Gasteiger partial charge on any atom is 0.227 e. The molecule has 0 bridgehead atoms. The second-order valence-electron chi connectivity index (χ2n) is 7.93. The van der Waals surface area contributed by atoms with Crippen LogP contribution < -0.4 is 5.32 Å². The number of carbonyl (C=O) groups is 2. The third-order valence-corrected chi connectivity index (χ3v) is 5.91. The first-order valence-electron chi connectivity index (χ1n) is 9.56. The van der Waals surface area contributed by atoms with Crippen molar-refractivity contribution in [2.75, 3.05) is 13.1 Å². The molecule has 2 fully saturated rings. The van der Waals surface area contributed by atoms with Gasteiger partial charge in [-0.15, -0.1) is 0 Å². The number of aryl methyl sites for hydroxylation is 1. The van der Waals surface area contributed by atoms with Crippen LogP contribution in [0.25, 0.3) is 0 Å². The van der Waals surface area contributed by atoms with Gasteiger partial charge in [-0.05, 0) is 37.0 Å². The van der Waals surface area contributed by atoms with Crippen LogP contribution in [0.15, 0.2) is 48.8 Å². The molecule has 4 rings (SSSR count). The van der Waals surface area contributed by atoms with Crippen LogP contribution >= 0.6 is 0 Å². The summed E-state index contributed by atoms with van der Waals surface area (Å²) in [4.78, 5) is 31.1. The van der Waals surface area contributed by atoms with E-state index in [-0.39, 0.29) is 23.1 Å². The second kappa shape index (κ2) is 7.14. The van der Waals surface area contributed by atoms with E-state index in [1.54, 1.807) is 12.4 Å². The molecule has 1 aromatic heterocycles. The van der Waals surface area contributed by atoms with Crippen LogP contribution in [0, 0.1) is 18.3 Å². The number of benzene rings is 1. The van der Waals surface area contributed by atoms with Crippen LogP contribution in [0.4, 0.5) is 0 Å². The largest absolute Gasteiger partial charge is 0.352 e. The van der Waals surface area contributed by atoms with E-state index in [0.29, 0.717) is 19.5 Å².